The molecule has 0 saturated carbocycles. The van der Waals surface area contributed by atoms with Gasteiger partial charge in [0, 0.05) is 29.2 Å². The Bertz CT molecular complexity index is 1980. The second-order valence-electron chi connectivity index (χ2n) is 10.2. The van der Waals surface area contributed by atoms with Crippen molar-refractivity contribution in [2.24, 2.45) is 16.2 Å². The molecule has 2 heterocycles. The van der Waals surface area contributed by atoms with Crippen LogP contribution in [0.2, 0.25) is 0 Å². The summed E-state index contributed by atoms with van der Waals surface area (Å²) in [6.45, 7) is 3.65. The Morgan fingerprint density at radius 1 is 0.933 bits per heavy atom. The average molecular weight is 626 g/mol. The number of ketones is 1. The van der Waals surface area contributed by atoms with Crippen molar-refractivity contribution in [3.05, 3.63) is 125 Å². The number of amides is 2. The third-order valence-corrected chi connectivity index (χ3v) is 8.34. The summed E-state index contributed by atoms with van der Waals surface area (Å²) >= 11 is 0. The number of sulfonamides is 1. The molecule has 2 amide bonds. The van der Waals surface area contributed by atoms with Crippen molar-refractivity contribution in [3.8, 4) is 0 Å². The molecule has 2 unspecified atom stereocenters. The number of hydrazone groups is 1. The number of ether oxygens (including phenoxy) is 1. The predicted octanol–water partition coefficient (Wildman–Crippen LogP) is 3.48. The summed E-state index contributed by atoms with van der Waals surface area (Å²) in [6, 6.07) is 19.7. The van der Waals surface area contributed by atoms with E-state index in [9.17, 15) is 27.6 Å². The molecule has 13 heteroatoms. The fourth-order valence-corrected chi connectivity index (χ4v) is 5.67. The van der Waals surface area contributed by atoms with E-state index >= 15 is 0 Å². The monoisotopic (exact) mass is 625 g/mol. The number of hydrogen-bond donors (Lipinski definition) is 3. The smallest absolute Gasteiger partial charge is 0.339 e. The van der Waals surface area contributed by atoms with Crippen molar-refractivity contribution >= 4 is 45.0 Å². The maximum Gasteiger partial charge on any atom is 0.339 e. The highest BCUT2D eigenvalue weighted by atomic mass is 32.2. The van der Waals surface area contributed by atoms with E-state index in [0.717, 1.165) is 17.2 Å². The lowest BCUT2D eigenvalue weighted by atomic mass is 9.84. The molecule has 2 atom stereocenters. The Hall–Kier alpha value is -5.53. The summed E-state index contributed by atoms with van der Waals surface area (Å²) in [7, 11) is -4.31. The fourth-order valence-electron chi connectivity index (χ4n) is 4.93. The maximum atomic E-state index is 14.2. The zero-order valence-corrected chi connectivity index (χ0v) is 24.9. The minimum Gasteiger partial charge on any atom is -0.453 e. The van der Waals surface area contributed by atoms with Gasteiger partial charge in [-0.25, -0.2) is 23.8 Å². The number of fused-ring (bicyclic) bond motifs is 1. The van der Waals surface area contributed by atoms with Crippen LogP contribution in [0.25, 0.3) is 0 Å². The van der Waals surface area contributed by atoms with Gasteiger partial charge in [-0.3, -0.25) is 19.4 Å². The molecule has 5 rings (SSSR count). The number of Topliss-reactive ketones (excluding diaryl/α,β-unsaturated/α-hetero) is 1. The van der Waals surface area contributed by atoms with Crippen molar-refractivity contribution in [2.75, 3.05) is 5.32 Å². The summed E-state index contributed by atoms with van der Waals surface area (Å²) in [5.74, 6) is -4.81. The molecule has 12 nitrogen and oxygen atoms in total. The first-order chi connectivity index (χ1) is 21.5. The van der Waals surface area contributed by atoms with E-state index in [1.165, 1.54) is 48.8 Å². The number of rotatable bonds is 9. The van der Waals surface area contributed by atoms with Crippen LogP contribution in [0.15, 0.2) is 101 Å². The highest BCUT2D eigenvalue weighted by Crippen LogP contribution is 2.38. The number of nitrogens with zero attached hydrogens (tertiary/aromatic N) is 2. The van der Waals surface area contributed by atoms with Crippen molar-refractivity contribution in [1.82, 2.24) is 10.4 Å². The second-order valence-corrected chi connectivity index (χ2v) is 11.7. The number of carbonyl (C=O) groups excluding carboxylic acids is 4. The average Bonchev–Trinajstić information content (AvgIpc) is 3.36. The zero-order chi connectivity index (χ0) is 32.3. The zero-order valence-electron chi connectivity index (χ0n) is 24.1. The van der Waals surface area contributed by atoms with Gasteiger partial charge in [0.2, 0.25) is 10.0 Å². The van der Waals surface area contributed by atoms with Crippen molar-refractivity contribution in [2.45, 2.75) is 24.8 Å². The van der Waals surface area contributed by atoms with E-state index in [0.29, 0.717) is 11.3 Å². The molecule has 228 valence electrons. The fraction of sp³-hybridized carbons (Fsp3) is 0.125. The number of anilines is 1. The molecule has 0 bridgehead atoms. The van der Waals surface area contributed by atoms with Crippen LogP contribution in [0.1, 0.15) is 53.9 Å². The Kier molecular flexibility index (Phi) is 8.66. The van der Waals surface area contributed by atoms with Crippen molar-refractivity contribution < 1.29 is 32.3 Å². The van der Waals surface area contributed by atoms with Gasteiger partial charge in [-0.2, -0.15) is 5.10 Å². The van der Waals surface area contributed by atoms with Crippen LogP contribution >= 0.6 is 0 Å². The maximum absolute atomic E-state index is 14.2. The van der Waals surface area contributed by atoms with Crippen LogP contribution in [0.5, 0.6) is 0 Å². The van der Waals surface area contributed by atoms with Gasteiger partial charge in [0.1, 0.15) is 17.7 Å². The molecule has 1 aromatic heterocycles. The number of nitrogens with two attached hydrogens (primary N) is 1. The lowest BCUT2D eigenvalue weighted by Gasteiger charge is -2.24. The van der Waals surface area contributed by atoms with E-state index in [2.05, 4.69) is 20.8 Å². The standard InChI is InChI=1S/C32H27N5O7S/c1-18-8-7-12-24(19(18)2)35-31(40)27(36-37-30(39)23-11-5-6-13-25(23)45(33,42)43)26(28(38)20-14-16-34-17-15-20)29-21-9-3-4-10-22(21)32(41)44-29/h3-17,26,29H,1-2H3,(H,35,40)(H,37,39)(H2,33,42,43)/b36-27-. The molecule has 0 aliphatic carbocycles. The lowest BCUT2D eigenvalue weighted by Crippen LogP contribution is -2.40. The number of cyclic esters (lactones) is 1. The van der Waals surface area contributed by atoms with E-state index in [1.54, 1.807) is 37.3 Å². The molecule has 1 aliphatic rings. The van der Waals surface area contributed by atoms with Gasteiger partial charge in [-0.1, -0.05) is 42.5 Å². The number of benzene rings is 3. The van der Waals surface area contributed by atoms with Crippen molar-refractivity contribution in [1.29, 1.82) is 0 Å². The number of aromatic nitrogens is 1. The van der Waals surface area contributed by atoms with Crippen LogP contribution in [0.3, 0.4) is 0 Å². The SMILES string of the molecule is Cc1cccc(NC(=O)/C(=N\NC(=O)c2ccccc2S(N)(=O)=O)C(C(=O)c2ccncc2)C2OC(=O)c3ccccc32)c1C. The summed E-state index contributed by atoms with van der Waals surface area (Å²) in [4.78, 5) is 57.9. The van der Waals surface area contributed by atoms with Crippen molar-refractivity contribution in [3.63, 3.8) is 0 Å². The molecule has 3 aromatic carbocycles. The molecular formula is C32H27N5O7S. The number of esters is 1. The highest BCUT2D eigenvalue weighted by molar-refractivity contribution is 7.89. The third kappa shape index (κ3) is 6.39. The van der Waals surface area contributed by atoms with E-state index in [1.807, 2.05) is 13.0 Å². The Morgan fingerprint density at radius 3 is 2.36 bits per heavy atom. The lowest BCUT2D eigenvalue weighted by molar-refractivity contribution is -0.110. The Morgan fingerprint density at radius 2 is 1.62 bits per heavy atom. The largest absolute Gasteiger partial charge is 0.453 e. The molecule has 4 aromatic rings. The topological polar surface area (TPSA) is 187 Å². The van der Waals surface area contributed by atoms with Gasteiger partial charge < -0.3 is 10.1 Å². The summed E-state index contributed by atoms with van der Waals surface area (Å²) in [5, 5.41) is 12.2. The molecule has 0 spiro atoms. The molecule has 4 N–H and O–H groups in total. The number of hydrogen-bond acceptors (Lipinski definition) is 9. The minimum atomic E-state index is -4.31. The third-order valence-electron chi connectivity index (χ3n) is 7.37. The summed E-state index contributed by atoms with van der Waals surface area (Å²) < 4.78 is 30.0. The molecule has 45 heavy (non-hydrogen) atoms. The first-order valence-corrected chi connectivity index (χ1v) is 15.1. The number of aryl methyl sites for hydroxylation is 1. The van der Waals surface area contributed by atoms with Crippen LogP contribution in [0, 0.1) is 19.8 Å². The minimum absolute atomic E-state index is 0.133. The first kappa shape index (κ1) is 30.9. The highest BCUT2D eigenvalue weighted by Gasteiger charge is 2.45. The van der Waals surface area contributed by atoms with Gasteiger partial charge in [0.25, 0.3) is 11.8 Å². The van der Waals surface area contributed by atoms with E-state index in [4.69, 9.17) is 9.88 Å². The van der Waals surface area contributed by atoms with Crippen LogP contribution in [0.4, 0.5) is 5.69 Å². The molecule has 1 aliphatic heterocycles. The summed E-state index contributed by atoms with van der Waals surface area (Å²) in [5.41, 5.74) is 4.08. The van der Waals surface area contributed by atoms with Gasteiger partial charge in [0.15, 0.2) is 5.78 Å². The quantitative estimate of drug-likeness (QED) is 0.109. The van der Waals surface area contributed by atoms with E-state index < -0.39 is 56.2 Å². The summed E-state index contributed by atoms with van der Waals surface area (Å²) in [6.07, 6.45) is 1.47. The van der Waals surface area contributed by atoms with Crippen LogP contribution < -0.4 is 15.9 Å². The Balaban J connectivity index is 1.66. The second kappa shape index (κ2) is 12.6. The number of pyridine rings is 1. The van der Waals surface area contributed by atoms with Crippen LogP contribution in [-0.2, 0) is 19.6 Å². The number of nitrogens with one attached hydrogen (secondary N) is 2. The molecular weight excluding hydrogens is 598 g/mol. The molecule has 0 fully saturated rings. The van der Waals surface area contributed by atoms with E-state index in [-0.39, 0.29) is 16.7 Å². The van der Waals surface area contributed by atoms with Gasteiger partial charge >= 0.3 is 5.97 Å². The Labute approximate surface area is 258 Å². The van der Waals surface area contributed by atoms with Gasteiger partial charge in [-0.05, 0) is 61.4 Å². The van der Waals surface area contributed by atoms with Gasteiger partial charge in [0.05, 0.1) is 16.0 Å². The first-order valence-electron chi connectivity index (χ1n) is 13.6. The number of primary sulfonamides is 1. The predicted molar refractivity (Wildman–Crippen MR) is 164 cm³/mol. The molecule has 0 saturated heterocycles. The van der Waals surface area contributed by atoms with Crippen LogP contribution in [-0.4, -0.2) is 42.7 Å². The normalized spacial score (nSPS) is 15.0. The molecule has 0 radical (unpaired) electrons. The number of carbonyl (C=O) groups is 4. The van der Waals surface area contributed by atoms with Gasteiger partial charge in [-0.15, -0.1) is 0 Å².